The summed E-state index contributed by atoms with van der Waals surface area (Å²) in [7, 11) is 8.07. The molecule has 0 aromatic heterocycles. The largest absolute Gasteiger partial charge is 0.372 e. The van der Waals surface area contributed by atoms with Crippen LogP contribution in [0.3, 0.4) is 0 Å². The van der Waals surface area contributed by atoms with Gasteiger partial charge in [-0.25, -0.2) is 0 Å². The van der Waals surface area contributed by atoms with Gasteiger partial charge < -0.3 is 9.47 Å². The van der Waals surface area contributed by atoms with Gasteiger partial charge in [0.1, 0.15) is 0 Å². The lowest BCUT2D eigenvalue weighted by Crippen LogP contribution is -2.24. The van der Waals surface area contributed by atoms with Crippen LogP contribution in [0.1, 0.15) is 0 Å². The van der Waals surface area contributed by atoms with E-state index in [0.717, 1.165) is 23.7 Å². The monoisotopic (exact) mass is 388 g/mol. The topological polar surface area (TPSA) is 25.1 Å². The molecule has 3 rings (SSSR count). The zero-order valence-corrected chi connectivity index (χ0v) is 16.1. The van der Waals surface area contributed by atoms with Crippen molar-refractivity contribution in [2.45, 2.75) is 22.7 Å². The van der Waals surface area contributed by atoms with E-state index in [1.54, 1.807) is 0 Å². The highest BCUT2D eigenvalue weighted by atomic mass is 33.1. The minimum Gasteiger partial charge on any atom is -0.372 e. The fourth-order valence-electron chi connectivity index (χ4n) is 1.60. The molecule has 3 aliphatic heterocycles. The number of hydrogen-bond donors (Lipinski definition) is 0. The Morgan fingerprint density at radius 3 is 1.45 bits per heavy atom. The molecular formula is C12H20O2S6. The standard InChI is InChI=1S/C12H20O2S6/c1-9(13-1)3-17-19-7-11-5-16-12(6-15-11)8-20-18-4-10-2-14-10/h9-12H,1-8H2. The molecule has 8 heteroatoms. The molecule has 3 saturated heterocycles. The minimum absolute atomic E-state index is 0.570. The van der Waals surface area contributed by atoms with Gasteiger partial charge in [0, 0.05) is 45.0 Å². The van der Waals surface area contributed by atoms with Crippen LogP contribution in [0.4, 0.5) is 0 Å². The first-order chi connectivity index (χ1) is 9.90. The quantitative estimate of drug-likeness (QED) is 0.317. The van der Waals surface area contributed by atoms with Crippen molar-refractivity contribution in [1.82, 2.24) is 0 Å². The third-order valence-corrected chi connectivity index (χ3v) is 11.7. The molecular weight excluding hydrogens is 369 g/mol. The SMILES string of the molecule is C1OC1CSSCC1CSC(CSSCC2CO2)CS1. The average molecular weight is 389 g/mol. The van der Waals surface area contributed by atoms with Crippen molar-refractivity contribution < 1.29 is 9.47 Å². The van der Waals surface area contributed by atoms with Crippen LogP contribution in [0, 0.1) is 0 Å². The van der Waals surface area contributed by atoms with Crippen molar-refractivity contribution in [2.75, 3.05) is 47.7 Å². The second kappa shape index (κ2) is 9.35. The summed E-state index contributed by atoms with van der Waals surface area (Å²) in [5.41, 5.74) is 0. The van der Waals surface area contributed by atoms with Crippen molar-refractivity contribution in [1.29, 1.82) is 0 Å². The number of epoxide rings is 2. The van der Waals surface area contributed by atoms with Gasteiger partial charge in [-0.1, -0.05) is 43.2 Å². The summed E-state index contributed by atoms with van der Waals surface area (Å²) in [4.78, 5) is 0. The lowest BCUT2D eigenvalue weighted by molar-refractivity contribution is 0.426. The maximum atomic E-state index is 5.22. The van der Waals surface area contributed by atoms with E-state index in [1.807, 2.05) is 43.2 Å². The second-order valence-electron chi connectivity index (χ2n) is 4.96. The van der Waals surface area contributed by atoms with Crippen LogP contribution in [-0.4, -0.2) is 70.4 Å². The Bertz CT molecular complexity index is 251. The zero-order valence-electron chi connectivity index (χ0n) is 11.2. The van der Waals surface area contributed by atoms with Gasteiger partial charge in [0.15, 0.2) is 0 Å². The second-order valence-corrected chi connectivity index (χ2v) is 12.7. The summed E-state index contributed by atoms with van der Waals surface area (Å²) in [6.07, 6.45) is 1.14. The van der Waals surface area contributed by atoms with Crippen LogP contribution in [0.25, 0.3) is 0 Å². The molecule has 0 aromatic carbocycles. The van der Waals surface area contributed by atoms with Crippen molar-refractivity contribution in [3.63, 3.8) is 0 Å². The van der Waals surface area contributed by atoms with Gasteiger partial charge in [0.25, 0.3) is 0 Å². The number of ether oxygens (including phenoxy) is 2. The van der Waals surface area contributed by atoms with Gasteiger partial charge in [-0.05, 0) is 0 Å². The molecule has 0 N–H and O–H groups in total. The molecule has 3 aliphatic rings. The zero-order chi connectivity index (χ0) is 13.6. The van der Waals surface area contributed by atoms with E-state index in [2.05, 4.69) is 23.5 Å². The van der Waals surface area contributed by atoms with E-state index in [0.29, 0.717) is 12.2 Å². The maximum Gasteiger partial charge on any atom is 0.0908 e. The molecule has 0 radical (unpaired) electrons. The highest BCUT2D eigenvalue weighted by molar-refractivity contribution is 8.77. The fourth-order valence-corrected chi connectivity index (χ4v) is 10.7. The first-order valence-electron chi connectivity index (χ1n) is 6.85. The van der Waals surface area contributed by atoms with Crippen molar-refractivity contribution >= 4 is 66.7 Å². The van der Waals surface area contributed by atoms with Crippen LogP contribution in [0.5, 0.6) is 0 Å². The highest BCUT2D eigenvalue weighted by Crippen LogP contribution is 2.38. The summed E-state index contributed by atoms with van der Waals surface area (Å²) in [6, 6.07) is 0. The van der Waals surface area contributed by atoms with Crippen LogP contribution in [-0.2, 0) is 9.47 Å². The summed E-state index contributed by atoms with van der Waals surface area (Å²) in [5.74, 6) is 7.61. The molecule has 0 amide bonds. The van der Waals surface area contributed by atoms with Crippen LogP contribution < -0.4 is 0 Å². The normalized spacial score (nSPS) is 36.0. The van der Waals surface area contributed by atoms with Gasteiger partial charge in [0.2, 0.25) is 0 Å². The van der Waals surface area contributed by atoms with E-state index < -0.39 is 0 Å². The van der Waals surface area contributed by atoms with Crippen LogP contribution in [0.2, 0.25) is 0 Å². The highest BCUT2D eigenvalue weighted by Gasteiger charge is 2.25. The van der Waals surface area contributed by atoms with Crippen molar-refractivity contribution in [2.24, 2.45) is 0 Å². The van der Waals surface area contributed by atoms with E-state index in [-0.39, 0.29) is 0 Å². The van der Waals surface area contributed by atoms with Gasteiger partial charge in [-0.2, -0.15) is 23.5 Å². The lowest BCUT2D eigenvalue weighted by Gasteiger charge is -2.27. The molecule has 0 aromatic rings. The maximum absolute atomic E-state index is 5.22. The molecule has 4 unspecified atom stereocenters. The molecule has 0 bridgehead atoms. The smallest absolute Gasteiger partial charge is 0.0908 e. The van der Waals surface area contributed by atoms with E-state index in [4.69, 9.17) is 9.47 Å². The van der Waals surface area contributed by atoms with Gasteiger partial charge in [-0.3, -0.25) is 0 Å². The molecule has 20 heavy (non-hydrogen) atoms. The summed E-state index contributed by atoms with van der Waals surface area (Å²) >= 11 is 4.38. The summed E-state index contributed by atoms with van der Waals surface area (Å²) < 4.78 is 10.4. The Labute approximate surface area is 146 Å². The van der Waals surface area contributed by atoms with Gasteiger partial charge in [0.05, 0.1) is 25.4 Å². The fraction of sp³-hybridized carbons (Fsp3) is 1.00. The first-order valence-corrected chi connectivity index (χ1v) is 13.9. The minimum atomic E-state index is 0.570. The van der Waals surface area contributed by atoms with Gasteiger partial charge in [-0.15, -0.1) is 0 Å². The Hall–Kier alpha value is 2.02. The van der Waals surface area contributed by atoms with Crippen molar-refractivity contribution in [3.8, 4) is 0 Å². The summed E-state index contributed by atoms with van der Waals surface area (Å²) in [6.45, 7) is 1.98. The average Bonchev–Trinajstić information content (AvgIpc) is 3.36. The Morgan fingerprint density at radius 1 is 0.700 bits per heavy atom. The van der Waals surface area contributed by atoms with Crippen molar-refractivity contribution in [3.05, 3.63) is 0 Å². The van der Waals surface area contributed by atoms with Gasteiger partial charge >= 0.3 is 0 Å². The van der Waals surface area contributed by atoms with E-state index in [1.165, 1.54) is 34.5 Å². The predicted molar refractivity (Wildman–Crippen MR) is 102 cm³/mol. The molecule has 2 nitrogen and oxygen atoms in total. The predicted octanol–water partition coefficient (Wildman–Crippen LogP) is 3.76. The molecule has 0 spiro atoms. The Kier molecular flexibility index (Phi) is 7.88. The molecule has 0 saturated carbocycles. The number of hydrogen-bond acceptors (Lipinski definition) is 8. The lowest BCUT2D eigenvalue weighted by atomic mass is 10.5. The Morgan fingerprint density at radius 2 is 1.10 bits per heavy atom. The van der Waals surface area contributed by atoms with E-state index in [9.17, 15) is 0 Å². The Balaban J connectivity index is 1.15. The van der Waals surface area contributed by atoms with Crippen LogP contribution >= 0.6 is 66.7 Å². The third kappa shape index (κ3) is 7.06. The molecule has 3 heterocycles. The number of rotatable bonds is 10. The molecule has 4 atom stereocenters. The number of thioether (sulfide) groups is 2. The van der Waals surface area contributed by atoms with E-state index >= 15 is 0 Å². The molecule has 0 aliphatic carbocycles. The summed E-state index contributed by atoms with van der Waals surface area (Å²) in [5, 5.41) is 1.71. The molecule has 116 valence electrons. The first kappa shape index (κ1) is 16.9. The third-order valence-electron chi connectivity index (χ3n) is 3.02. The van der Waals surface area contributed by atoms with Crippen LogP contribution in [0.15, 0.2) is 0 Å². The molecule has 3 fully saturated rings.